The second-order valence-electron chi connectivity index (χ2n) is 6.17. The van der Waals surface area contributed by atoms with Gasteiger partial charge < -0.3 is 15.1 Å². The van der Waals surface area contributed by atoms with Gasteiger partial charge in [-0.15, -0.1) is 0 Å². The number of hydrogen-bond acceptors (Lipinski definition) is 2. The highest BCUT2D eigenvalue weighted by Gasteiger charge is 2.30. The van der Waals surface area contributed by atoms with Crippen LogP contribution in [0.25, 0.3) is 0 Å². The minimum Gasteiger partial charge on any atom is -0.351 e. The molecule has 1 aliphatic heterocycles. The van der Waals surface area contributed by atoms with E-state index in [2.05, 4.69) is 12.2 Å². The SMILES string of the molecule is CCC(C)(C)NC(=O)C1CCN(C(=O)N(C)C)CC1. The van der Waals surface area contributed by atoms with Gasteiger partial charge >= 0.3 is 6.03 Å². The quantitative estimate of drug-likeness (QED) is 0.847. The summed E-state index contributed by atoms with van der Waals surface area (Å²) in [4.78, 5) is 27.4. The van der Waals surface area contributed by atoms with E-state index in [0.717, 1.165) is 19.3 Å². The van der Waals surface area contributed by atoms with Crippen LogP contribution in [0, 0.1) is 5.92 Å². The summed E-state index contributed by atoms with van der Waals surface area (Å²) in [5.74, 6) is 0.167. The normalized spacial score (nSPS) is 17.2. The maximum Gasteiger partial charge on any atom is 0.319 e. The molecule has 19 heavy (non-hydrogen) atoms. The van der Waals surface area contributed by atoms with E-state index in [1.807, 2.05) is 18.7 Å². The summed E-state index contributed by atoms with van der Waals surface area (Å²) in [5.41, 5.74) is -0.145. The standard InChI is InChI=1S/C14H27N3O2/c1-6-14(2,3)15-12(18)11-7-9-17(10-8-11)13(19)16(4)5/h11H,6-10H2,1-5H3,(H,15,18). The first kappa shape index (κ1) is 15.8. The van der Waals surface area contributed by atoms with Crippen molar-refractivity contribution >= 4 is 11.9 Å². The smallest absolute Gasteiger partial charge is 0.319 e. The van der Waals surface area contributed by atoms with Gasteiger partial charge in [0.25, 0.3) is 0 Å². The monoisotopic (exact) mass is 269 g/mol. The van der Waals surface area contributed by atoms with E-state index in [1.165, 1.54) is 0 Å². The Balaban J connectivity index is 2.46. The number of rotatable bonds is 3. The average molecular weight is 269 g/mol. The largest absolute Gasteiger partial charge is 0.351 e. The van der Waals surface area contributed by atoms with Gasteiger partial charge in [0, 0.05) is 38.6 Å². The molecule has 0 saturated carbocycles. The van der Waals surface area contributed by atoms with Crippen LogP contribution in [0.2, 0.25) is 0 Å². The van der Waals surface area contributed by atoms with Gasteiger partial charge in [-0.1, -0.05) is 6.92 Å². The van der Waals surface area contributed by atoms with E-state index in [1.54, 1.807) is 19.0 Å². The molecule has 5 nitrogen and oxygen atoms in total. The van der Waals surface area contributed by atoms with Gasteiger partial charge in [-0.05, 0) is 33.1 Å². The van der Waals surface area contributed by atoms with Crippen molar-refractivity contribution in [3.8, 4) is 0 Å². The molecule has 1 heterocycles. The summed E-state index contributed by atoms with van der Waals surface area (Å²) in [6.45, 7) is 7.48. The predicted molar refractivity (Wildman–Crippen MR) is 75.9 cm³/mol. The fourth-order valence-electron chi connectivity index (χ4n) is 2.14. The predicted octanol–water partition coefficient (Wildman–Crippen LogP) is 1.68. The molecular formula is C14H27N3O2. The van der Waals surface area contributed by atoms with E-state index in [0.29, 0.717) is 13.1 Å². The maximum atomic E-state index is 12.2. The number of carbonyl (C=O) groups excluding carboxylic acids is 2. The zero-order valence-electron chi connectivity index (χ0n) is 12.8. The van der Waals surface area contributed by atoms with Crippen molar-refractivity contribution < 1.29 is 9.59 Å². The highest BCUT2D eigenvalue weighted by atomic mass is 16.2. The highest BCUT2D eigenvalue weighted by molar-refractivity contribution is 5.80. The van der Waals surface area contributed by atoms with E-state index in [-0.39, 0.29) is 23.4 Å². The molecule has 1 fully saturated rings. The Bertz CT molecular complexity index is 332. The Kier molecular flexibility index (Phi) is 5.20. The summed E-state index contributed by atoms with van der Waals surface area (Å²) in [5, 5.41) is 3.09. The molecule has 0 aromatic rings. The second kappa shape index (κ2) is 6.26. The van der Waals surface area contributed by atoms with Crippen LogP contribution in [0.4, 0.5) is 4.79 Å². The molecule has 110 valence electrons. The Labute approximate surface area is 116 Å². The van der Waals surface area contributed by atoms with Gasteiger partial charge in [-0.3, -0.25) is 4.79 Å². The van der Waals surface area contributed by atoms with Crippen molar-refractivity contribution in [2.24, 2.45) is 5.92 Å². The number of carbonyl (C=O) groups is 2. The van der Waals surface area contributed by atoms with Crippen molar-refractivity contribution in [2.45, 2.75) is 45.6 Å². The first-order valence-electron chi connectivity index (χ1n) is 7.05. The molecule has 1 N–H and O–H groups in total. The van der Waals surface area contributed by atoms with Crippen LogP contribution < -0.4 is 5.32 Å². The van der Waals surface area contributed by atoms with Gasteiger partial charge in [-0.2, -0.15) is 0 Å². The number of nitrogens with one attached hydrogen (secondary N) is 1. The molecule has 3 amide bonds. The molecule has 0 radical (unpaired) electrons. The number of piperidine rings is 1. The van der Waals surface area contributed by atoms with Crippen molar-refractivity contribution in [1.29, 1.82) is 0 Å². The lowest BCUT2D eigenvalue weighted by Gasteiger charge is -2.34. The van der Waals surface area contributed by atoms with Crippen molar-refractivity contribution in [1.82, 2.24) is 15.1 Å². The Morgan fingerprint density at radius 2 is 1.79 bits per heavy atom. The van der Waals surface area contributed by atoms with Crippen LogP contribution in [-0.2, 0) is 4.79 Å². The molecule has 5 heteroatoms. The minimum absolute atomic E-state index is 0.0350. The third-order valence-electron chi connectivity index (χ3n) is 3.86. The van der Waals surface area contributed by atoms with E-state index in [9.17, 15) is 9.59 Å². The van der Waals surface area contributed by atoms with E-state index < -0.39 is 0 Å². The molecule has 0 spiro atoms. The first-order valence-corrected chi connectivity index (χ1v) is 7.05. The maximum absolute atomic E-state index is 12.2. The Morgan fingerprint density at radius 3 is 2.21 bits per heavy atom. The molecule has 0 bridgehead atoms. The second-order valence-corrected chi connectivity index (χ2v) is 6.17. The molecule has 1 rings (SSSR count). The zero-order valence-corrected chi connectivity index (χ0v) is 12.8. The van der Waals surface area contributed by atoms with Crippen LogP contribution in [-0.4, -0.2) is 54.5 Å². The summed E-state index contributed by atoms with van der Waals surface area (Å²) >= 11 is 0. The van der Waals surface area contributed by atoms with Gasteiger partial charge in [-0.25, -0.2) is 4.79 Å². The summed E-state index contributed by atoms with van der Waals surface area (Å²) < 4.78 is 0. The van der Waals surface area contributed by atoms with Crippen LogP contribution in [0.5, 0.6) is 0 Å². The van der Waals surface area contributed by atoms with Crippen molar-refractivity contribution in [2.75, 3.05) is 27.2 Å². The van der Waals surface area contributed by atoms with Gasteiger partial charge in [0.05, 0.1) is 0 Å². The molecule has 1 aliphatic rings. The third kappa shape index (κ3) is 4.40. The van der Waals surface area contributed by atoms with Crippen LogP contribution in [0.1, 0.15) is 40.0 Å². The number of likely N-dealkylation sites (tertiary alicyclic amines) is 1. The Hall–Kier alpha value is -1.26. The lowest BCUT2D eigenvalue weighted by atomic mass is 9.93. The number of amides is 3. The zero-order chi connectivity index (χ0) is 14.6. The molecule has 0 aromatic heterocycles. The number of nitrogens with zero attached hydrogens (tertiary/aromatic N) is 2. The van der Waals surface area contributed by atoms with E-state index >= 15 is 0 Å². The molecule has 0 aliphatic carbocycles. The van der Waals surface area contributed by atoms with Gasteiger partial charge in [0.2, 0.25) is 5.91 Å². The Morgan fingerprint density at radius 1 is 1.26 bits per heavy atom. The fourth-order valence-corrected chi connectivity index (χ4v) is 2.14. The van der Waals surface area contributed by atoms with Crippen LogP contribution >= 0.6 is 0 Å². The number of hydrogen-bond donors (Lipinski definition) is 1. The fraction of sp³-hybridized carbons (Fsp3) is 0.857. The van der Waals surface area contributed by atoms with E-state index in [4.69, 9.17) is 0 Å². The first-order chi connectivity index (χ1) is 8.76. The lowest BCUT2D eigenvalue weighted by molar-refractivity contribution is -0.128. The third-order valence-corrected chi connectivity index (χ3v) is 3.86. The molecule has 1 saturated heterocycles. The van der Waals surface area contributed by atoms with Crippen LogP contribution in [0.15, 0.2) is 0 Å². The van der Waals surface area contributed by atoms with Gasteiger partial charge in [0.15, 0.2) is 0 Å². The number of urea groups is 1. The average Bonchev–Trinajstić information content (AvgIpc) is 2.37. The van der Waals surface area contributed by atoms with Gasteiger partial charge in [0.1, 0.15) is 0 Å². The summed E-state index contributed by atoms with van der Waals surface area (Å²) in [6, 6.07) is 0.0350. The topological polar surface area (TPSA) is 52.7 Å². The summed E-state index contributed by atoms with van der Waals surface area (Å²) in [6.07, 6.45) is 2.42. The van der Waals surface area contributed by atoms with Crippen molar-refractivity contribution in [3.63, 3.8) is 0 Å². The van der Waals surface area contributed by atoms with Crippen molar-refractivity contribution in [3.05, 3.63) is 0 Å². The summed E-state index contributed by atoms with van der Waals surface area (Å²) in [7, 11) is 3.51. The molecular weight excluding hydrogens is 242 g/mol. The lowest BCUT2D eigenvalue weighted by Crippen LogP contribution is -2.50. The molecule has 0 atom stereocenters. The molecule has 0 aromatic carbocycles. The van der Waals surface area contributed by atoms with Crippen LogP contribution in [0.3, 0.4) is 0 Å². The highest BCUT2D eigenvalue weighted by Crippen LogP contribution is 2.19. The molecule has 0 unspecified atom stereocenters. The minimum atomic E-state index is -0.145.